The van der Waals surface area contributed by atoms with Crippen molar-refractivity contribution in [2.75, 3.05) is 13.2 Å². The zero-order chi connectivity index (χ0) is 16.7. The monoisotopic (exact) mass is 294 g/mol. The molecule has 0 saturated carbocycles. The first-order valence-corrected chi connectivity index (χ1v) is 6.16. The van der Waals surface area contributed by atoms with Gasteiger partial charge in [0.2, 0.25) is 0 Å². The van der Waals surface area contributed by atoms with E-state index in [2.05, 4.69) is 21.1 Å². The first-order chi connectivity index (χ1) is 9.98. The molecule has 0 rings (SSSR count). The molecule has 0 aliphatic carbocycles. The Morgan fingerprint density at radius 3 is 2.14 bits per heavy atom. The molecule has 21 heavy (non-hydrogen) atoms. The Hall–Kier alpha value is -2.64. The molecule has 0 N–H and O–H groups in total. The summed E-state index contributed by atoms with van der Waals surface area (Å²) in [6.07, 6.45) is 1.61. The van der Waals surface area contributed by atoms with Crippen LogP contribution in [0.15, 0.2) is 23.8 Å². The van der Waals surface area contributed by atoms with Crippen LogP contribution in [0.4, 0.5) is 0 Å². The van der Waals surface area contributed by atoms with Gasteiger partial charge in [-0.15, -0.1) is 0 Å². The molecule has 0 aromatic carbocycles. The van der Waals surface area contributed by atoms with E-state index in [-0.39, 0.29) is 12.2 Å². The summed E-state index contributed by atoms with van der Waals surface area (Å²) in [6, 6.07) is 3.34. The third-order valence-corrected chi connectivity index (χ3v) is 1.79. The molecule has 7 heteroatoms. The molecule has 0 fully saturated rings. The van der Waals surface area contributed by atoms with Gasteiger partial charge in [0.1, 0.15) is 11.6 Å². The van der Waals surface area contributed by atoms with E-state index in [9.17, 15) is 9.59 Å². The van der Waals surface area contributed by atoms with Gasteiger partial charge in [0, 0.05) is 6.08 Å². The summed E-state index contributed by atoms with van der Waals surface area (Å²) in [5.74, 6) is -1.24. The van der Waals surface area contributed by atoms with Crippen molar-refractivity contribution < 1.29 is 24.1 Å². The zero-order valence-corrected chi connectivity index (χ0v) is 12.3. The van der Waals surface area contributed by atoms with Crippen molar-refractivity contribution in [2.24, 2.45) is 0 Å². The molecule has 0 aliphatic rings. The van der Waals surface area contributed by atoms with Crippen molar-refractivity contribution in [1.82, 2.24) is 0 Å². The predicted octanol–water partition coefficient (Wildman–Crippen LogP) is 1.97. The number of nitrogens with zero attached hydrogens (tertiary/aromatic N) is 2. The quantitative estimate of drug-likeness (QED) is 0.242. The third-order valence-electron chi connectivity index (χ3n) is 1.79. The van der Waals surface area contributed by atoms with Crippen molar-refractivity contribution in [3.05, 3.63) is 23.8 Å². The minimum absolute atomic E-state index is 0.156. The largest absolute Gasteiger partial charge is 0.462 e. The van der Waals surface area contributed by atoms with E-state index in [1.807, 2.05) is 0 Å². The fourth-order valence-electron chi connectivity index (χ4n) is 0.813. The third kappa shape index (κ3) is 10.9. The highest BCUT2D eigenvalue weighted by Gasteiger charge is 2.08. The number of hydrogen-bond acceptors (Lipinski definition) is 7. The topological polar surface area (TPSA) is 109 Å². The lowest BCUT2D eigenvalue weighted by atomic mass is 10.2. The Morgan fingerprint density at radius 2 is 1.76 bits per heavy atom. The van der Waals surface area contributed by atoms with Gasteiger partial charge in [0.25, 0.3) is 0 Å². The lowest BCUT2D eigenvalue weighted by molar-refractivity contribution is -0.265. The Bertz CT molecular complexity index is 469. The van der Waals surface area contributed by atoms with Gasteiger partial charge in [-0.05, 0) is 20.3 Å². The number of hydrogen-bond donors (Lipinski definition) is 0. The maximum Gasteiger partial charge on any atom is 0.369 e. The Morgan fingerprint density at radius 1 is 1.14 bits per heavy atom. The van der Waals surface area contributed by atoms with Gasteiger partial charge < -0.3 is 4.74 Å². The average Bonchev–Trinajstić information content (AvgIpc) is 2.50. The van der Waals surface area contributed by atoms with Crippen molar-refractivity contribution in [3.63, 3.8) is 0 Å². The maximum absolute atomic E-state index is 11.0. The highest BCUT2D eigenvalue weighted by molar-refractivity contribution is 5.91. The molecular formula is C14H18N2O5. The van der Waals surface area contributed by atoms with Crippen LogP contribution in [0.5, 0.6) is 0 Å². The van der Waals surface area contributed by atoms with Gasteiger partial charge >= 0.3 is 11.9 Å². The standard InChI is InChI=1S/C8H11NO3.C6H7NO2/c1-3-7(5-6-9)8(10)12-11-4-2;1-3-9-6(8)5(2)4-7/h5H,3-4H2,1-2H3;2-3H2,1H3. The molecule has 0 aliphatic heterocycles. The highest BCUT2D eigenvalue weighted by atomic mass is 17.2. The molecule has 0 unspecified atom stereocenters. The van der Waals surface area contributed by atoms with Crippen LogP contribution in [0.1, 0.15) is 27.2 Å². The normalized spacial score (nSPS) is 9.29. The van der Waals surface area contributed by atoms with E-state index in [4.69, 9.17) is 10.5 Å². The molecule has 0 aromatic rings. The Labute approximate surface area is 123 Å². The summed E-state index contributed by atoms with van der Waals surface area (Å²) in [7, 11) is 0. The first kappa shape index (κ1) is 20.7. The van der Waals surface area contributed by atoms with Crippen molar-refractivity contribution >= 4 is 11.9 Å². The number of allylic oxidation sites excluding steroid dienone is 1. The van der Waals surface area contributed by atoms with E-state index >= 15 is 0 Å². The van der Waals surface area contributed by atoms with Gasteiger partial charge in [-0.1, -0.05) is 13.5 Å². The fraction of sp³-hybridized carbons (Fsp3) is 0.429. The smallest absolute Gasteiger partial charge is 0.369 e. The molecule has 0 radical (unpaired) electrons. The summed E-state index contributed by atoms with van der Waals surface area (Å²) in [6.45, 7) is 8.87. The fourth-order valence-corrected chi connectivity index (χ4v) is 0.813. The second-order valence-corrected chi connectivity index (χ2v) is 3.24. The molecule has 114 valence electrons. The number of esters is 1. The van der Waals surface area contributed by atoms with E-state index in [0.717, 1.165) is 6.08 Å². The maximum atomic E-state index is 11.0. The molecule has 0 bridgehead atoms. The molecular weight excluding hydrogens is 276 g/mol. The van der Waals surface area contributed by atoms with Gasteiger partial charge in [-0.2, -0.15) is 15.4 Å². The van der Waals surface area contributed by atoms with Gasteiger partial charge in [-0.3, -0.25) is 4.89 Å². The SMILES string of the molecule is C=C(C#N)C(=O)OCC.CCOOC(=O)C(=CC#N)CC. The minimum Gasteiger partial charge on any atom is -0.462 e. The number of ether oxygens (including phenoxy) is 1. The summed E-state index contributed by atoms with van der Waals surface area (Å²) in [5.41, 5.74) is 0.155. The van der Waals surface area contributed by atoms with Gasteiger partial charge in [0.15, 0.2) is 0 Å². The van der Waals surface area contributed by atoms with Crippen LogP contribution in [0.25, 0.3) is 0 Å². The second kappa shape index (κ2) is 13.8. The van der Waals surface area contributed by atoms with Gasteiger partial charge in [0.05, 0.1) is 24.9 Å². The minimum atomic E-state index is -0.639. The average molecular weight is 294 g/mol. The van der Waals surface area contributed by atoms with E-state index in [1.165, 1.54) is 0 Å². The van der Waals surface area contributed by atoms with Crippen LogP contribution >= 0.6 is 0 Å². The number of nitriles is 2. The van der Waals surface area contributed by atoms with Crippen molar-refractivity contribution in [2.45, 2.75) is 27.2 Å². The second-order valence-electron chi connectivity index (χ2n) is 3.24. The van der Waals surface area contributed by atoms with E-state index in [0.29, 0.717) is 18.6 Å². The van der Waals surface area contributed by atoms with E-state index < -0.39 is 11.9 Å². The van der Waals surface area contributed by atoms with Gasteiger partial charge in [-0.25, -0.2) is 9.59 Å². The van der Waals surface area contributed by atoms with Crippen molar-refractivity contribution in [3.8, 4) is 12.1 Å². The van der Waals surface area contributed by atoms with Crippen LogP contribution in [-0.4, -0.2) is 25.2 Å². The number of carbonyl (C=O) groups is 2. The molecule has 7 nitrogen and oxygen atoms in total. The molecule has 0 saturated heterocycles. The molecule has 0 atom stereocenters. The van der Waals surface area contributed by atoms with Crippen LogP contribution in [0.2, 0.25) is 0 Å². The summed E-state index contributed by atoms with van der Waals surface area (Å²) >= 11 is 0. The highest BCUT2D eigenvalue weighted by Crippen LogP contribution is 2.02. The number of rotatable bonds is 6. The van der Waals surface area contributed by atoms with E-state index in [1.54, 1.807) is 32.9 Å². The first-order valence-electron chi connectivity index (χ1n) is 6.16. The number of carbonyl (C=O) groups excluding carboxylic acids is 2. The lowest BCUT2D eigenvalue weighted by Crippen LogP contribution is -2.07. The Kier molecular flexibility index (Phi) is 13.6. The van der Waals surface area contributed by atoms with Crippen LogP contribution in [0.3, 0.4) is 0 Å². The molecule has 0 spiro atoms. The zero-order valence-electron chi connectivity index (χ0n) is 12.3. The molecule has 0 heterocycles. The summed E-state index contributed by atoms with van der Waals surface area (Å²) in [4.78, 5) is 30.1. The van der Waals surface area contributed by atoms with Crippen molar-refractivity contribution in [1.29, 1.82) is 10.5 Å². The van der Waals surface area contributed by atoms with Crippen LogP contribution < -0.4 is 0 Å². The Balaban J connectivity index is 0. The summed E-state index contributed by atoms with van der Waals surface area (Å²) < 4.78 is 4.43. The van der Waals surface area contributed by atoms with Crippen LogP contribution in [0, 0.1) is 22.7 Å². The molecule has 0 amide bonds. The molecule has 0 aromatic heterocycles. The summed E-state index contributed by atoms with van der Waals surface area (Å²) in [5, 5.41) is 16.3. The lowest BCUT2D eigenvalue weighted by Gasteiger charge is -2.01. The van der Waals surface area contributed by atoms with Crippen LogP contribution in [-0.2, 0) is 24.1 Å². The predicted molar refractivity (Wildman–Crippen MR) is 73.1 cm³/mol.